The standard InChI is InChI=1S/C13H11Cl2IN2O4/c14-8-3-7-11(9(15)10(8)16)22-5-6-4-17(13(20)21)1-2-18(6)12(7)19/h3,6H,1-2,4-5H2,(H,20,21)/t6-/m1/s1. The minimum Gasteiger partial charge on any atom is -0.489 e. The van der Waals surface area contributed by atoms with Gasteiger partial charge in [-0.2, -0.15) is 0 Å². The molecular formula is C13H11Cl2IN2O4. The minimum absolute atomic E-state index is 0.194. The number of benzene rings is 1. The van der Waals surface area contributed by atoms with Crippen LogP contribution in [0, 0.1) is 3.57 Å². The number of hydrogen-bond donors (Lipinski definition) is 1. The molecule has 1 fully saturated rings. The lowest BCUT2D eigenvalue weighted by atomic mass is 10.1. The smallest absolute Gasteiger partial charge is 0.407 e. The van der Waals surface area contributed by atoms with Crippen LogP contribution in [0.1, 0.15) is 10.4 Å². The van der Waals surface area contributed by atoms with Gasteiger partial charge in [-0.25, -0.2) is 4.79 Å². The third-order valence-electron chi connectivity index (χ3n) is 3.78. The van der Waals surface area contributed by atoms with Gasteiger partial charge in [-0.15, -0.1) is 0 Å². The van der Waals surface area contributed by atoms with Gasteiger partial charge in [0.25, 0.3) is 5.91 Å². The summed E-state index contributed by atoms with van der Waals surface area (Å²) in [5.74, 6) is 0.0829. The molecule has 3 rings (SSSR count). The van der Waals surface area contributed by atoms with E-state index in [1.54, 1.807) is 11.0 Å². The summed E-state index contributed by atoms with van der Waals surface area (Å²) in [7, 11) is 0. The van der Waals surface area contributed by atoms with Crippen molar-refractivity contribution in [3.05, 3.63) is 25.2 Å². The van der Waals surface area contributed by atoms with Crippen LogP contribution in [0.15, 0.2) is 6.07 Å². The van der Waals surface area contributed by atoms with Crippen molar-refractivity contribution in [3.8, 4) is 5.75 Å². The van der Waals surface area contributed by atoms with Crippen molar-refractivity contribution in [1.29, 1.82) is 0 Å². The van der Waals surface area contributed by atoms with Gasteiger partial charge < -0.3 is 19.6 Å². The highest BCUT2D eigenvalue weighted by Gasteiger charge is 2.38. The number of piperazine rings is 1. The molecule has 2 heterocycles. The van der Waals surface area contributed by atoms with Gasteiger partial charge in [-0.3, -0.25) is 4.79 Å². The van der Waals surface area contributed by atoms with E-state index in [2.05, 4.69) is 0 Å². The molecule has 1 saturated heterocycles. The van der Waals surface area contributed by atoms with E-state index in [1.807, 2.05) is 22.6 Å². The molecule has 1 aromatic carbocycles. The Morgan fingerprint density at radius 1 is 1.41 bits per heavy atom. The number of carboxylic acid groups (broad SMARTS) is 1. The van der Waals surface area contributed by atoms with Crippen LogP contribution >= 0.6 is 45.8 Å². The van der Waals surface area contributed by atoms with Crippen LogP contribution in [0.5, 0.6) is 5.75 Å². The van der Waals surface area contributed by atoms with Crippen molar-refractivity contribution in [2.45, 2.75) is 6.04 Å². The molecule has 0 spiro atoms. The highest BCUT2D eigenvalue weighted by molar-refractivity contribution is 14.1. The van der Waals surface area contributed by atoms with E-state index in [1.165, 1.54) is 4.90 Å². The third kappa shape index (κ3) is 2.59. The molecule has 22 heavy (non-hydrogen) atoms. The van der Waals surface area contributed by atoms with Crippen molar-refractivity contribution in [3.63, 3.8) is 0 Å². The zero-order valence-corrected chi connectivity index (χ0v) is 14.9. The molecular weight excluding hydrogens is 446 g/mol. The monoisotopic (exact) mass is 456 g/mol. The minimum atomic E-state index is -0.996. The van der Waals surface area contributed by atoms with Gasteiger partial charge in [-0.05, 0) is 28.7 Å². The number of amides is 2. The number of carbonyl (C=O) groups excluding carboxylic acids is 1. The molecule has 1 aromatic rings. The van der Waals surface area contributed by atoms with Crippen molar-refractivity contribution in [2.24, 2.45) is 0 Å². The molecule has 9 heteroatoms. The van der Waals surface area contributed by atoms with E-state index < -0.39 is 6.09 Å². The molecule has 1 N–H and O–H groups in total. The van der Waals surface area contributed by atoms with Crippen LogP contribution in [-0.4, -0.2) is 59.2 Å². The Hall–Kier alpha value is -0.930. The number of hydrogen-bond acceptors (Lipinski definition) is 3. The van der Waals surface area contributed by atoms with Crippen LogP contribution in [-0.2, 0) is 0 Å². The average molecular weight is 457 g/mol. The second-order valence-corrected chi connectivity index (χ2v) is 6.92. The maximum atomic E-state index is 12.7. The quantitative estimate of drug-likeness (QED) is 0.481. The van der Waals surface area contributed by atoms with Crippen molar-refractivity contribution >= 4 is 57.8 Å². The molecule has 0 radical (unpaired) electrons. The van der Waals surface area contributed by atoms with Gasteiger partial charge >= 0.3 is 6.09 Å². The van der Waals surface area contributed by atoms with Crippen LogP contribution in [0.2, 0.25) is 10.0 Å². The molecule has 0 unspecified atom stereocenters. The van der Waals surface area contributed by atoms with E-state index >= 15 is 0 Å². The summed E-state index contributed by atoms with van der Waals surface area (Å²) in [4.78, 5) is 26.7. The van der Waals surface area contributed by atoms with E-state index in [4.69, 9.17) is 33.0 Å². The molecule has 118 valence electrons. The Labute approximate surface area is 150 Å². The second kappa shape index (κ2) is 5.93. The zero-order valence-electron chi connectivity index (χ0n) is 11.2. The molecule has 0 aliphatic carbocycles. The summed E-state index contributed by atoms with van der Waals surface area (Å²) in [6, 6.07) is 1.22. The van der Waals surface area contributed by atoms with Crippen LogP contribution in [0.4, 0.5) is 4.79 Å². The summed E-state index contributed by atoms with van der Waals surface area (Å²) >= 11 is 14.3. The predicted octanol–water partition coefficient (Wildman–Crippen LogP) is 2.79. The van der Waals surface area contributed by atoms with Gasteiger partial charge in [-0.1, -0.05) is 23.2 Å². The Bertz CT molecular complexity index is 670. The molecule has 0 aromatic heterocycles. The SMILES string of the molecule is O=C(O)N1CCN2C(=O)c3cc(Cl)c(I)c(Cl)c3OC[C@H]2C1. The maximum Gasteiger partial charge on any atom is 0.407 e. The Morgan fingerprint density at radius 3 is 2.82 bits per heavy atom. The third-order valence-corrected chi connectivity index (χ3v) is 6.20. The van der Waals surface area contributed by atoms with Gasteiger partial charge in [0.1, 0.15) is 6.61 Å². The first-order chi connectivity index (χ1) is 10.4. The maximum absolute atomic E-state index is 12.7. The summed E-state index contributed by atoms with van der Waals surface area (Å²) in [6.07, 6.45) is -0.996. The fraction of sp³-hybridized carbons (Fsp3) is 0.385. The summed E-state index contributed by atoms with van der Waals surface area (Å²) in [5.41, 5.74) is 0.321. The van der Waals surface area contributed by atoms with Crippen LogP contribution < -0.4 is 4.74 Å². The molecule has 0 saturated carbocycles. The van der Waals surface area contributed by atoms with Gasteiger partial charge in [0.2, 0.25) is 0 Å². The highest BCUT2D eigenvalue weighted by atomic mass is 127. The number of rotatable bonds is 0. The number of ether oxygens (including phenoxy) is 1. The lowest BCUT2D eigenvalue weighted by Gasteiger charge is -2.38. The Balaban J connectivity index is 1.98. The summed E-state index contributed by atoms with van der Waals surface area (Å²) in [6.45, 7) is 1.01. The first kappa shape index (κ1) is 15.9. The second-order valence-electron chi connectivity index (χ2n) is 5.06. The first-order valence-corrected chi connectivity index (χ1v) is 8.32. The lowest BCUT2D eigenvalue weighted by molar-refractivity contribution is 0.0390. The van der Waals surface area contributed by atoms with Crippen LogP contribution in [0.25, 0.3) is 0 Å². The van der Waals surface area contributed by atoms with E-state index in [0.717, 1.165) is 0 Å². The normalized spacial score (nSPS) is 20.9. The molecule has 0 bridgehead atoms. The van der Waals surface area contributed by atoms with Crippen LogP contribution in [0.3, 0.4) is 0 Å². The average Bonchev–Trinajstić information content (AvgIpc) is 2.63. The molecule has 1 atom stereocenters. The Morgan fingerprint density at radius 2 is 2.14 bits per heavy atom. The van der Waals surface area contributed by atoms with Crippen molar-refractivity contribution in [2.75, 3.05) is 26.2 Å². The molecule has 2 aliphatic rings. The van der Waals surface area contributed by atoms with Crippen molar-refractivity contribution in [1.82, 2.24) is 9.80 Å². The number of nitrogens with zero attached hydrogens (tertiary/aromatic N) is 2. The summed E-state index contributed by atoms with van der Waals surface area (Å²) in [5, 5.41) is 9.80. The van der Waals surface area contributed by atoms with Gasteiger partial charge in [0.05, 0.1) is 25.2 Å². The summed E-state index contributed by atoms with van der Waals surface area (Å²) < 4.78 is 6.33. The van der Waals surface area contributed by atoms with Gasteiger partial charge in [0.15, 0.2) is 5.75 Å². The van der Waals surface area contributed by atoms with E-state index in [0.29, 0.717) is 31.5 Å². The molecule has 6 nitrogen and oxygen atoms in total. The van der Waals surface area contributed by atoms with E-state index in [-0.39, 0.29) is 31.6 Å². The lowest BCUT2D eigenvalue weighted by Crippen LogP contribution is -2.57. The van der Waals surface area contributed by atoms with Crippen molar-refractivity contribution < 1.29 is 19.4 Å². The number of fused-ring (bicyclic) bond motifs is 2. The number of halogens is 3. The highest BCUT2D eigenvalue weighted by Crippen LogP contribution is 2.40. The molecule has 2 aliphatic heterocycles. The van der Waals surface area contributed by atoms with E-state index in [9.17, 15) is 9.59 Å². The fourth-order valence-corrected chi connectivity index (χ4v) is 3.56. The predicted molar refractivity (Wildman–Crippen MR) is 89.1 cm³/mol. The van der Waals surface area contributed by atoms with Gasteiger partial charge in [0, 0.05) is 19.6 Å². The zero-order chi connectivity index (χ0) is 16.0. The Kier molecular flexibility index (Phi) is 4.30. The molecule has 2 amide bonds. The fourth-order valence-electron chi connectivity index (χ4n) is 2.65. The first-order valence-electron chi connectivity index (χ1n) is 6.49. The largest absolute Gasteiger partial charge is 0.489 e. The number of carbonyl (C=O) groups is 2. The topological polar surface area (TPSA) is 70.1 Å².